The highest BCUT2D eigenvalue weighted by Crippen LogP contribution is 2.43. The maximum absolute atomic E-state index is 5.99. The minimum absolute atomic E-state index is 0.778. The van der Waals surface area contributed by atoms with Gasteiger partial charge in [-0.15, -0.1) is 23.1 Å². The molecule has 29 heavy (non-hydrogen) atoms. The average Bonchev–Trinajstić information content (AvgIpc) is 3.13. The first-order valence-corrected chi connectivity index (χ1v) is 12.3. The Hall–Kier alpha value is -1.41. The zero-order valence-electron chi connectivity index (χ0n) is 16.4. The second-order valence-corrected chi connectivity index (χ2v) is 10.0. The summed E-state index contributed by atoms with van der Waals surface area (Å²) in [6.45, 7) is 5.30. The number of hydrogen-bond acceptors (Lipinski definition) is 7. The lowest BCUT2D eigenvalue weighted by Gasteiger charge is -2.31. The van der Waals surface area contributed by atoms with Crippen molar-refractivity contribution in [3.63, 3.8) is 0 Å². The van der Waals surface area contributed by atoms with E-state index in [1.807, 2.05) is 13.0 Å². The van der Waals surface area contributed by atoms with E-state index in [-0.39, 0.29) is 0 Å². The number of aryl methyl sites for hydroxylation is 1. The summed E-state index contributed by atoms with van der Waals surface area (Å²) in [5, 5.41) is 3.08. The molecule has 0 amide bonds. The Bertz CT molecular complexity index is 1090. The van der Waals surface area contributed by atoms with E-state index in [1.165, 1.54) is 35.2 Å². The number of anilines is 1. The first-order chi connectivity index (χ1) is 14.2. The zero-order chi connectivity index (χ0) is 19.8. The molecule has 0 bridgehead atoms. The molecular weight excluding hydrogens is 424 g/mol. The fourth-order valence-corrected chi connectivity index (χ4v) is 6.54. The van der Waals surface area contributed by atoms with Crippen LogP contribution in [0.5, 0.6) is 0 Å². The average molecular weight is 447 g/mol. The van der Waals surface area contributed by atoms with Gasteiger partial charge in [0.1, 0.15) is 22.0 Å². The van der Waals surface area contributed by atoms with E-state index in [1.54, 1.807) is 29.4 Å². The van der Waals surface area contributed by atoms with Crippen LogP contribution in [0.1, 0.15) is 30.9 Å². The molecule has 0 N–H and O–H groups in total. The lowest BCUT2D eigenvalue weighted by Crippen LogP contribution is -2.37. The van der Waals surface area contributed by atoms with E-state index in [2.05, 4.69) is 9.88 Å². The van der Waals surface area contributed by atoms with E-state index < -0.39 is 0 Å². The molecule has 3 aromatic rings. The molecule has 5 nitrogen and oxygen atoms in total. The monoisotopic (exact) mass is 446 g/mol. The van der Waals surface area contributed by atoms with Crippen LogP contribution in [0, 0.1) is 0 Å². The third-order valence-corrected chi connectivity index (χ3v) is 7.84. The highest BCUT2D eigenvalue weighted by molar-refractivity contribution is 7.99. The normalized spacial score (nSPS) is 17.9. The maximum atomic E-state index is 5.99. The summed E-state index contributed by atoms with van der Waals surface area (Å²) in [7, 11) is 0. The van der Waals surface area contributed by atoms with Crippen molar-refractivity contribution < 1.29 is 4.74 Å². The Labute approximate surface area is 183 Å². The maximum Gasteiger partial charge on any atom is 0.133 e. The number of halogens is 1. The molecule has 152 valence electrons. The molecular formula is C21H23ClN4OS2. The van der Waals surface area contributed by atoms with Gasteiger partial charge >= 0.3 is 0 Å². The van der Waals surface area contributed by atoms with Gasteiger partial charge in [0, 0.05) is 29.3 Å². The van der Waals surface area contributed by atoms with Crippen LogP contribution < -0.4 is 4.90 Å². The van der Waals surface area contributed by atoms with Crippen molar-refractivity contribution >= 4 is 61.0 Å². The van der Waals surface area contributed by atoms with E-state index >= 15 is 0 Å². The topological polar surface area (TPSA) is 51.1 Å². The van der Waals surface area contributed by atoms with Gasteiger partial charge in [-0.2, -0.15) is 0 Å². The van der Waals surface area contributed by atoms with Gasteiger partial charge < -0.3 is 9.64 Å². The van der Waals surface area contributed by atoms with Gasteiger partial charge in [-0.25, -0.2) is 15.0 Å². The van der Waals surface area contributed by atoms with Crippen LogP contribution in [0.4, 0.5) is 5.82 Å². The second kappa shape index (κ2) is 8.38. The number of aromatic nitrogens is 3. The summed E-state index contributed by atoms with van der Waals surface area (Å²) in [5.74, 6) is 1.98. The van der Waals surface area contributed by atoms with Crippen LogP contribution in [-0.4, -0.2) is 47.0 Å². The number of fused-ring (bicyclic) bond motifs is 5. The molecule has 1 fully saturated rings. The highest BCUT2D eigenvalue weighted by Gasteiger charge is 2.26. The number of allylic oxidation sites excluding steroid dienone is 1. The molecule has 3 aromatic heterocycles. The quantitative estimate of drug-likeness (QED) is 0.406. The predicted octanol–water partition coefficient (Wildman–Crippen LogP) is 5.19. The third kappa shape index (κ3) is 3.74. The Morgan fingerprint density at radius 1 is 1.24 bits per heavy atom. The molecule has 1 aliphatic carbocycles. The highest BCUT2D eigenvalue weighted by atomic mass is 35.5. The smallest absolute Gasteiger partial charge is 0.133 e. The second-order valence-electron chi connectivity index (χ2n) is 7.44. The van der Waals surface area contributed by atoms with E-state index in [0.29, 0.717) is 0 Å². The minimum Gasteiger partial charge on any atom is -0.378 e. The van der Waals surface area contributed by atoms with Crippen molar-refractivity contribution in [2.24, 2.45) is 0 Å². The first-order valence-electron chi connectivity index (χ1n) is 10.1. The van der Waals surface area contributed by atoms with E-state index in [9.17, 15) is 0 Å². The number of nitrogens with zero attached hydrogens (tertiary/aromatic N) is 4. The summed E-state index contributed by atoms with van der Waals surface area (Å²) >= 11 is 9.43. The summed E-state index contributed by atoms with van der Waals surface area (Å²) in [5.41, 5.74) is 3.95. The van der Waals surface area contributed by atoms with Gasteiger partial charge in [-0.05, 0) is 43.7 Å². The van der Waals surface area contributed by atoms with Crippen LogP contribution in [-0.2, 0) is 17.6 Å². The van der Waals surface area contributed by atoms with Gasteiger partial charge in [0.2, 0.25) is 0 Å². The van der Waals surface area contributed by atoms with Gasteiger partial charge in [0.05, 0.1) is 23.4 Å². The molecule has 2 aliphatic rings. The van der Waals surface area contributed by atoms with Crippen molar-refractivity contribution in [3.05, 3.63) is 28.6 Å². The van der Waals surface area contributed by atoms with Crippen LogP contribution >= 0.6 is 34.7 Å². The number of morpholine rings is 1. The first kappa shape index (κ1) is 19.5. The molecule has 0 saturated carbocycles. The third-order valence-electron chi connectivity index (χ3n) is 5.56. The summed E-state index contributed by atoms with van der Waals surface area (Å²) < 4.78 is 6.71. The molecule has 0 spiro atoms. The van der Waals surface area contributed by atoms with Crippen LogP contribution in [0.3, 0.4) is 0 Å². The van der Waals surface area contributed by atoms with Crippen LogP contribution in [0.15, 0.2) is 22.5 Å². The standard InChI is InChI=1S/C21H23ClN4OS2/c1-13(22)6-11-28-21-18-17(23-12-24-21)16-14-4-2-3-5-15(14)19(25-20(16)29-18)26-7-9-27-10-8-26/h6,12H,2-5,7-11H2,1H3. The van der Waals surface area contributed by atoms with Crippen LogP contribution in [0.2, 0.25) is 0 Å². The van der Waals surface area contributed by atoms with Crippen molar-refractivity contribution in [3.8, 4) is 0 Å². The lowest BCUT2D eigenvalue weighted by molar-refractivity contribution is 0.122. The molecule has 1 saturated heterocycles. The SMILES string of the molecule is CC(Cl)=CCSc1ncnc2c1sc1nc(N3CCOCC3)c3c(c12)CCCC3. The number of pyridine rings is 1. The van der Waals surface area contributed by atoms with Crippen molar-refractivity contribution in [2.75, 3.05) is 37.0 Å². The fraction of sp³-hybridized carbons (Fsp3) is 0.476. The molecule has 0 atom stereocenters. The molecule has 0 radical (unpaired) electrons. The molecule has 4 heterocycles. The number of rotatable bonds is 4. The summed E-state index contributed by atoms with van der Waals surface area (Å²) in [4.78, 5) is 17.9. The summed E-state index contributed by atoms with van der Waals surface area (Å²) in [6, 6.07) is 0. The predicted molar refractivity (Wildman–Crippen MR) is 123 cm³/mol. The number of thioether (sulfide) groups is 1. The Balaban J connectivity index is 1.67. The van der Waals surface area contributed by atoms with Gasteiger partial charge in [0.25, 0.3) is 0 Å². The van der Waals surface area contributed by atoms with Gasteiger partial charge in [0.15, 0.2) is 0 Å². The van der Waals surface area contributed by atoms with Crippen LogP contribution in [0.25, 0.3) is 20.4 Å². The van der Waals surface area contributed by atoms with E-state index in [4.69, 9.17) is 26.3 Å². The van der Waals surface area contributed by atoms with E-state index in [0.717, 1.165) is 70.0 Å². The Morgan fingerprint density at radius 3 is 2.83 bits per heavy atom. The van der Waals surface area contributed by atoms with Gasteiger partial charge in [-0.1, -0.05) is 17.7 Å². The Kier molecular flexibility index (Phi) is 5.65. The van der Waals surface area contributed by atoms with Crippen molar-refractivity contribution in [1.82, 2.24) is 15.0 Å². The number of thiophene rings is 1. The number of ether oxygens (including phenoxy) is 1. The Morgan fingerprint density at radius 2 is 2.03 bits per heavy atom. The zero-order valence-corrected chi connectivity index (χ0v) is 18.8. The lowest BCUT2D eigenvalue weighted by atomic mass is 9.90. The molecule has 8 heteroatoms. The largest absolute Gasteiger partial charge is 0.378 e. The molecule has 0 aromatic carbocycles. The molecule has 1 aliphatic heterocycles. The molecule has 5 rings (SSSR count). The van der Waals surface area contributed by atoms with Crippen molar-refractivity contribution in [2.45, 2.75) is 37.6 Å². The molecule has 0 unspecified atom stereocenters. The minimum atomic E-state index is 0.778. The van der Waals surface area contributed by atoms with Crippen molar-refractivity contribution in [1.29, 1.82) is 0 Å². The number of hydrogen-bond donors (Lipinski definition) is 0. The summed E-state index contributed by atoms with van der Waals surface area (Å²) in [6.07, 6.45) is 8.40. The van der Waals surface area contributed by atoms with Gasteiger partial charge in [-0.3, -0.25) is 0 Å². The fourth-order valence-electron chi connectivity index (χ4n) is 4.19.